The van der Waals surface area contributed by atoms with E-state index < -0.39 is 0 Å². The number of benzene rings is 1. The first-order chi connectivity index (χ1) is 6.76. The summed E-state index contributed by atoms with van der Waals surface area (Å²) in [4.78, 5) is 0. The molecule has 1 unspecified atom stereocenters. The van der Waals surface area contributed by atoms with Crippen molar-refractivity contribution in [2.75, 3.05) is 5.88 Å². The fraction of sp³-hybridized carbons (Fsp3) is 0.538. The molecule has 0 fully saturated rings. The van der Waals surface area contributed by atoms with Gasteiger partial charge in [0.15, 0.2) is 0 Å². The van der Waals surface area contributed by atoms with Crippen LogP contribution in [0.1, 0.15) is 30.9 Å². The SMILES string of the molecule is CCCC(CCl)Cc1cccc(C)c1. The van der Waals surface area contributed by atoms with Gasteiger partial charge in [-0.05, 0) is 31.2 Å². The fourth-order valence-corrected chi connectivity index (χ4v) is 2.08. The van der Waals surface area contributed by atoms with Crippen molar-refractivity contribution in [2.45, 2.75) is 33.1 Å². The van der Waals surface area contributed by atoms with Crippen LogP contribution in [0.25, 0.3) is 0 Å². The molecule has 0 aromatic heterocycles. The molecule has 0 saturated heterocycles. The van der Waals surface area contributed by atoms with E-state index in [9.17, 15) is 0 Å². The molecule has 0 N–H and O–H groups in total. The van der Waals surface area contributed by atoms with Crippen LogP contribution < -0.4 is 0 Å². The summed E-state index contributed by atoms with van der Waals surface area (Å²) in [6, 6.07) is 8.72. The van der Waals surface area contributed by atoms with Crippen LogP contribution in [0.2, 0.25) is 0 Å². The number of rotatable bonds is 5. The van der Waals surface area contributed by atoms with E-state index >= 15 is 0 Å². The molecule has 0 nitrogen and oxygen atoms in total. The second-order valence-electron chi connectivity index (χ2n) is 4.00. The zero-order chi connectivity index (χ0) is 10.4. The molecule has 0 aliphatic rings. The maximum Gasteiger partial charge on any atom is 0.0254 e. The minimum absolute atomic E-state index is 0.642. The van der Waals surface area contributed by atoms with Gasteiger partial charge in [0.25, 0.3) is 0 Å². The Hall–Kier alpha value is -0.490. The van der Waals surface area contributed by atoms with E-state index in [1.165, 1.54) is 24.0 Å². The van der Waals surface area contributed by atoms with Gasteiger partial charge >= 0.3 is 0 Å². The first-order valence-corrected chi connectivity index (χ1v) is 5.91. The molecule has 0 bridgehead atoms. The van der Waals surface area contributed by atoms with Crippen molar-refractivity contribution in [1.82, 2.24) is 0 Å². The van der Waals surface area contributed by atoms with E-state index in [4.69, 9.17) is 11.6 Å². The number of aryl methyl sites for hydroxylation is 1. The predicted molar refractivity (Wildman–Crippen MR) is 64.0 cm³/mol. The molecule has 1 atom stereocenters. The van der Waals surface area contributed by atoms with Gasteiger partial charge in [-0.25, -0.2) is 0 Å². The Kier molecular flexibility index (Phi) is 5.03. The molecule has 0 amide bonds. The quantitative estimate of drug-likeness (QED) is 0.640. The lowest BCUT2D eigenvalue weighted by atomic mass is 9.96. The Bertz CT molecular complexity index is 268. The lowest BCUT2D eigenvalue weighted by Crippen LogP contribution is -2.06. The summed E-state index contributed by atoms with van der Waals surface area (Å²) in [5, 5.41) is 0. The summed E-state index contributed by atoms with van der Waals surface area (Å²) < 4.78 is 0. The third-order valence-corrected chi connectivity index (χ3v) is 2.96. The molecule has 14 heavy (non-hydrogen) atoms. The maximum absolute atomic E-state index is 5.94. The molecule has 0 aliphatic heterocycles. The second-order valence-corrected chi connectivity index (χ2v) is 4.31. The summed E-state index contributed by atoms with van der Waals surface area (Å²) in [5.41, 5.74) is 2.76. The van der Waals surface area contributed by atoms with Gasteiger partial charge in [-0.1, -0.05) is 43.2 Å². The van der Waals surface area contributed by atoms with Crippen LogP contribution in [0.3, 0.4) is 0 Å². The molecule has 0 spiro atoms. The van der Waals surface area contributed by atoms with Crippen LogP contribution in [-0.2, 0) is 6.42 Å². The third kappa shape index (κ3) is 3.71. The average Bonchev–Trinajstić information content (AvgIpc) is 2.17. The third-order valence-electron chi connectivity index (χ3n) is 2.52. The topological polar surface area (TPSA) is 0 Å². The minimum atomic E-state index is 0.642. The van der Waals surface area contributed by atoms with Crippen LogP contribution in [0, 0.1) is 12.8 Å². The van der Waals surface area contributed by atoms with Gasteiger partial charge in [-0.2, -0.15) is 0 Å². The van der Waals surface area contributed by atoms with Crippen LogP contribution in [-0.4, -0.2) is 5.88 Å². The monoisotopic (exact) mass is 210 g/mol. The van der Waals surface area contributed by atoms with E-state index in [1.54, 1.807) is 0 Å². The standard InChI is InChI=1S/C13H19Cl/c1-3-5-13(10-14)9-12-7-4-6-11(2)8-12/h4,6-8,13H,3,5,9-10H2,1-2H3. The smallest absolute Gasteiger partial charge is 0.0254 e. The Morgan fingerprint density at radius 1 is 1.36 bits per heavy atom. The molecule has 78 valence electrons. The molecular weight excluding hydrogens is 192 g/mol. The van der Waals surface area contributed by atoms with Gasteiger partial charge in [-0.3, -0.25) is 0 Å². The molecule has 1 aromatic carbocycles. The zero-order valence-corrected chi connectivity index (χ0v) is 9.85. The van der Waals surface area contributed by atoms with Crippen molar-refractivity contribution < 1.29 is 0 Å². The molecule has 0 aliphatic carbocycles. The minimum Gasteiger partial charge on any atom is -0.126 e. The van der Waals surface area contributed by atoms with Crippen LogP contribution in [0.15, 0.2) is 24.3 Å². The molecule has 1 rings (SSSR count). The van der Waals surface area contributed by atoms with E-state index in [0.29, 0.717) is 5.92 Å². The van der Waals surface area contributed by atoms with E-state index in [2.05, 4.69) is 38.1 Å². The Labute approximate surface area is 92.3 Å². The van der Waals surface area contributed by atoms with Crippen molar-refractivity contribution in [3.8, 4) is 0 Å². The number of alkyl halides is 1. The Morgan fingerprint density at radius 3 is 2.71 bits per heavy atom. The Morgan fingerprint density at radius 2 is 2.14 bits per heavy atom. The van der Waals surface area contributed by atoms with Gasteiger partial charge in [0.05, 0.1) is 0 Å². The largest absolute Gasteiger partial charge is 0.126 e. The van der Waals surface area contributed by atoms with Crippen LogP contribution in [0.5, 0.6) is 0 Å². The second kappa shape index (κ2) is 6.08. The van der Waals surface area contributed by atoms with Gasteiger partial charge in [-0.15, -0.1) is 11.6 Å². The molecule has 0 radical (unpaired) electrons. The van der Waals surface area contributed by atoms with Crippen molar-refractivity contribution in [1.29, 1.82) is 0 Å². The Balaban J connectivity index is 2.57. The zero-order valence-electron chi connectivity index (χ0n) is 9.09. The van der Waals surface area contributed by atoms with Crippen molar-refractivity contribution >= 4 is 11.6 Å². The lowest BCUT2D eigenvalue weighted by Gasteiger charge is -2.12. The highest BCUT2D eigenvalue weighted by molar-refractivity contribution is 6.18. The van der Waals surface area contributed by atoms with E-state index in [1.807, 2.05) is 0 Å². The number of hydrogen-bond donors (Lipinski definition) is 0. The summed E-state index contributed by atoms with van der Waals surface area (Å²) in [7, 11) is 0. The van der Waals surface area contributed by atoms with Crippen LogP contribution in [0.4, 0.5) is 0 Å². The molecular formula is C13H19Cl. The molecule has 1 heteroatoms. The van der Waals surface area contributed by atoms with Crippen molar-refractivity contribution in [3.05, 3.63) is 35.4 Å². The normalized spacial score (nSPS) is 12.8. The summed E-state index contributed by atoms with van der Waals surface area (Å²) in [5.74, 6) is 1.42. The van der Waals surface area contributed by atoms with Gasteiger partial charge in [0.1, 0.15) is 0 Å². The summed E-state index contributed by atoms with van der Waals surface area (Å²) in [6.45, 7) is 4.36. The highest BCUT2D eigenvalue weighted by Gasteiger charge is 2.07. The lowest BCUT2D eigenvalue weighted by molar-refractivity contribution is 0.528. The van der Waals surface area contributed by atoms with Gasteiger partial charge < -0.3 is 0 Å². The first-order valence-electron chi connectivity index (χ1n) is 5.37. The average molecular weight is 211 g/mol. The highest BCUT2D eigenvalue weighted by atomic mass is 35.5. The molecule has 0 heterocycles. The maximum atomic E-state index is 5.94. The number of hydrogen-bond acceptors (Lipinski definition) is 0. The molecule has 0 saturated carbocycles. The van der Waals surface area contributed by atoms with E-state index in [0.717, 1.165) is 12.3 Å². The molecule has 1 aromatic rings. The highest BCUT2D eigenvalue weighted by Crippen LogP contribution is 2.16. The number of halogens is 1. The predicted octanol–water partition coefficient (Wildman–Crippen LogP) is 4.19. The summed E-state index contributed by atoms with van der Waals surface area (Å²) >= 11 is 5.94. The van der Waals surface area contributed by atoms with Crippen molar-refractivity contribution in [3.63, 3.8) is 0 Å². The van der Waals surface area contributed by atoms with Crippen LogP contribution >= 0.6 is 11.6 Å². The first kappa shape index (κ1) is 11.6. The van der Waals surface area contributed by atoms with Crippen molar-refractivity contribution in [2.24, 2.45) is 5.92 Å². The van der Waals surface area contributed by atoms with Gasteiger partial charge in [0.2, 0.25) is 0 Å². The summed E-state index contributed by atoms with van der Waals surface area (Å²) in [6.07, 6.45) is 3.58. The fourth-order valence-electron chi connectivity index (χ4n) is 1.81. The van der Waals surface area contributed by atoms with E-state index in [-0.39, 0.29) is 0 Å². The van der Waals surface area contributed by atoms with Gasteiger partial charge in [0, 0.05) is 5.88 Å².